The monoisotopic (exact) mass is 494 g/mol. The molecule has 1 aliphatic rings. The van der Waals surface area contributed by atoms with Crippen LogP contribution >= 0.6 is 23.2 Å². The third-order valence-corrected chi connectivity index (χ3v) is 6.30. The minimum absolute atomic E-state index is 0.00401. The highest BCUT2D eigenvalue weighted by Gasteiger charge is 2.50. The lowest BCUT2D eigenvalue weighted by Crippen LogP contribution is -2.30. The number of nitrogens with zero attached hydrogens (tertiary/aromatic N) is 3. The maximum atomic E-state index is 13.2. The Morgan fingerprint density at radius 2 is 2.03 bits per heavy atom. The molecule has 0 aliphatic heterocycles. The number of hydrogen-bond acceptors (Lipinski definition) is 6. The molecular weight excluding hydrogens is 477 g/mol. The van der Waals surface area contributed by atoms with E-state index in [1.165, 1.54) is 0 Å². The van der Waals surface area contributed by atoms with Gasteiger partial charge < -0.3 is 10.6 Å². The summed E-state index contributed by atoms with van der Waals surface area (Å²) in [4.78, 5) is 17.1. The fourth-order valence-electron chi connectivity index (χ4n) is 3.03. The zero-order chi connectivity index (χ0) is 23.0. The first-order chi connectivity index (χ1) is 14.4. The van der Waals surface area contributed by atoms with Crippen LogP contribution in [0.4, 0.5) is 8.78 Å². The van der Waals surface area contributed by atoms with Crippen molar-refractivity contribution in [3.05, 3.63) is 51.3 Å². The predicted molar refractivity (Wildman–Crippen MR) is 111 cm³/mol. The third-order valence-electron chi connectivity index (χ3n) is 4.83. The number of nitrogens with two attached hydrogens (primary N) is 1. The van der Waals surface area contributed by atoms with Gasteiger partial charge in [0.25, 0.3) is 6.43 Å². The van der Waals surface area contributed by atoms with Gasteiger partial charge in [0, 0.05) is 22.4 Å². The summed E-state index contributed by atoms with van der Waals surface area (Å²) < 4.78 is 49.8. The fraction of sp³-hybridized carbons (Fsp3) is 0.389. The van der Waals surface area contributed by atoms with E-state index in [0.717, 1.165) is 17.0 Å². The van der Waals surface area contributed by atoms with Gasteiger partial charge in [0.2, 0.25) is 0 Å². The van der Waals surface area contributed by atoms with Crippen molar-refractivity contribution in [2.24, 2.45) is 10.9 Å². The van der Waals surface area contributed by atoms with Gasteiger partial charge in [0.15, 0.2) is 11.5 Å². The Morgan fingerprint density at radius 3 is 2.58 bits per heavy atom. The number of amidine groups is 1. The molecule has 0 saturated heterocycles. The topological polar surface area (TPSA) is 117 Å². The standard InChI is InChI=1S/C18H18Cl2F2N4O4S/c1-31(28,29)7-6-26-14(15(21)22)9-13(24-26)16(27)30-25-17(23)18(4-5-18)11-3-2-10(19)8-12(11)20/h2-3,8-9,15H,4-7H2,1H3,(H2,23,25). The Labute approximate surface area is 186 Å². The summed E-state index contributed by atoms with van der Waals surface area (Å²) in [7, 11) is -3.42. The van der Waals surface area contributed by atoms with Crippen molar-refractivity contribution in [2.75, 3.05) is 12.0 Å². The summed E-state index contributed by atoms with van der Waals surface area (Å²) in [5.41, 5.74) is 4.94. The van der Waals surface area contributed by atoms with E-state index < -0.39 is 44.8 Å². The average molecular weight is 495 g/mol. The van der Waals surface area contributed by atoms with Gasteiger partial charge in [-0.1, -0.05) is 34.4 Å². The second kappa shape index (κ2) is 8.71. The van der Waals surface area contributed by atoms with Crippen LogP contribution in [0.1, 0.15) is 41.0 Å². The minimum atomic E-state index is -3.42. The highest BCUT2D eigenvalue weighted by Crippen LogP contribution is 2.51. The molecule has 8 nitrogen and oxygen atoms in total. The van der Waals surface area contributed by atoms with Crippen LogP contribution in [0.5, 0.6) is 0 Å². The highest BCUT2D eigenvalue weighted by atomic mass is 35.5. The number of benzene rings is 1. The van der Waals surface area contributed by atoms with Crippen LogP contribution in [0.25, 0.3) is 0 Å². The molecule has 2 N–H and O–H groups in total. The molecule has 0 unspecified atom stereocenters. The van der Waals surface area contributed by atoms with Gasteiger partial charge in [-0.05, 0) is 30.5 Å². The SMILES string of the molecule is CS(=O)(=O)CCn1nc(C(=O)O/N=C(\N)C2(c3ccc(Cl)cc3Cl)CC2)cc1C(F)F. The van der Waals surface area contributed by atoms with Crippen molar-refractivity contribution in [3.8, 4) is 0 Å². The summed E-state index contributed by atoms with van der Waals surface area (Å²) in [5, 5.41) is 8.23. The number of carbonyl (C=O) groups excluding carboxylic acids is 1. The lowest BCUT2D eigenvalue weighted by Gasteiger charge is -2.16. The molecule has 2 aromatic rings. The molecule has 13 heteroatoms. The first-order valence-electron chi connectivity index (χ1n) is 8.97. The summed E-state index contributed by atoms with van der Waals surface area (Å²) >= 11 is 12.1. The third kappa shape index (κ3) is 5.34. The Hall–Kier alpha value is -2.24. The van der Waals surface area contributed by atoms with Gasteiger partial charge in [-0.2, -0.15) is 5.10 Å². The summed E-state index contributed by atoms with van der Waals surface area (Å²) in [6.45, 7) is -0.338. The van der Waals surface area contributed by atoms with E-state index in [9.17, 15) is 22.0 Å². The molecule has 1 fully saturated rings. The van der Waals surface area contributed by atoms with Gasteiger partial charge >= 0.3 is 5.97 Å². The van der Waals surface area contributed by atoms with Crippen LogP contribution in [0.3, 0.4) is 0 Å². The van der Waals surface area contributed by atoms with Gasteiger partial charge in [-0.15, -0.1) is 0 Å². The number of rotatable bonds is 8. The van der Waals surface area contributed by atoms with Gasteiger partial charge in [0.1, 0.15) is 15.5 Å². The molecule has 1 aliphatic carbocycles. The van der Waals surface area contributed by atoms with E-state index >= 15 is 0 Å². The van der Waals surface area contributed by atoms with E-state index in [-0.39, 0.29) is 12.4 Å². The van der Waals surface area contributed by atoms with E-state index in [4.69, 9.17) is 33.8 Å². The number of aryl methyl sites for hydroxylation is 1. The average Bonchev–Trinajstić information content (AvgIpc) is 3.35. The van der Waals surface area contributed by atoms with E-state index in [2.05, 4.69) is 10.3 Å². The molecule has 168 valence electrons. The van der Waals surface area contributed by atoms with Crippen LogP contribution in [0, 0.1) is 0 Å². The molecular formula is C18H18Cl2F2N4O4S. The molecule has 0 atom stereocenters. The molecule has 1 aromatic heterocycles. The highest BCUT2D eigenvalue weighted by molar-refractivity contribution is 7.90. The molecule has 31 heavy (non-hydrogen) atoms. The van der Waals surface area contributed by atoms with Crippen molar-refractivity contribution in [1.82, 2.24) is 9.78 Å². The van der Waals surface area contributed by atoms with E-state index in [1.54, 1.807) is 18.2 Å². The van der Waals surface area contributed by atoms with Crippen LogP contribution in [-0.4, -0.2) is 42.0 Å². The first-order valence-corrected chi connectivity index (χ1v) is 11.8. The number of hydrogen-bond donors (Lipinski definition) is 1. The number of alkyl halides is 2. The smallest absolute Gasteiger partial charge is 0.384 e. The summed E-state index contributed by atoms with van der Waals surface area (Å²) in [6.07, 6.45) is -0.761. The van der Waals surface area contributed by atoms with Gasteiger partial charge in [0.05, 0.1) is 17.7 Å². The Balaban J connectivity index is 1.77. The Bertz CT molecular complexity index is 1150. The number of carbonyl (C=O) groups is 1. The van der Waals surface area contributed by atoms with Crippen molar-refractivity contribution in [2.45, 2.75) is 31.2 Å². The van der Waals surface area contributed by atoms with Crippen molar-refractivity contribution in [1.29, 1.82) is 0 Å². The van der Waals surface area contributed by atoms with Gasteiger partial charge in [-0.25, -0.2) is 22.0 Å². The maximum Gasteiger partial charge on any atom is 0.385 e. The lowest BCUT2D eigenvalue weighted by atomic mass is 9.95. The zero-order valence-electron chi connectivity index (χ0n) is 16.2. The second-order valence-corrected chi connectivity index (χ2v) is 10.3. The normalized spacial score (nSPS) is 15.9. The summed E-state index contributed by atoms with van der Waals surface area (Å²) in [5.74, 6) is -1.53. The minimum Gasteiger partial charge on any atom is -0.384 e. The van der Waals surface area contributed by atoms with E-state index in [0.29, 0.717) is 28.5 Å². The molecule has 0 amide bonds. The molecule has 0 radical (unpaired) electrons. The quantitative estimate of drug-likeness (QED) is 0.260. The Kier molecular flexibility index (Phi) is 6.59. The van der Waals surface area contributed by atoms with Crippen molar-refractivity contribution < 1.29 is 26.8 Å². The molecule has 0 spiro atoms. The van der Waals surface area contributed by atoms with Crippen LogP contribution < -0.4 is 5.73 Å². The van der Waals surface area contributed by atoms with Crippen LogP contribution in [0.15, 0.2) is 29.4 Å². The summed E-state index contributed by atoms with van der Waals surface area (Å²) in [6, 6.07) is 5.74. The number of halogens is 4. The van der Waals surface area contributed by atoms with Crippen molar-refractivity contribution >= 4 is 44.8 Å². The molecule has 1 heterocycles. The van der Waals surface area contributed by atoms with Gasteiger partial charge in [-0.3, -0.25) is 4.68 Å². The number of oxime groups is 1. The second-order valence-electron chi connectivity index (χ2n) is 7.17. The molecule has 3 rings (SSSR count). The first kappa shape index (κ1) is 23.4. The van der Waals surface area contributed by atoms with Crippen LogP contribution in [0.2, 0.25) is 10.0 Å². The van der Waals surface area contributed by atoms with E-state index in [1.807, 2.05) is 0 Å². The maximum absolute atomic E-state index is 13.2. The number of aromatic nitrogens is 2. The lowest BCUT2D eigenvalue weighted by molar-refractivity contribution is 0.0506. The molecule has 1 saturated carbocycles. The van der Waals surface area contributed by atoms with Crippen LogP contribution in [-0.2, 0) is 26.6 Å². The molecule has 1 aromatic carbocycles. The van der Waals surface area contributed by atoms with Crippen molar-refractivity contribution in [3.63, 3.8) is 0 Å². The predicted octanol–water partition coefficient (Wildman–Crippen LogP) is 3.33. The Morgan fingerprint density at radius 1 is 1.35 bits per heavy atom. The molecule has 0 bridgehead atoms. The number of sulfone groups is 1. The zero-order valence-corrected chi connectivity index (χ0v) is 18.5. The largest absolute Gasteiger partial charge is 0.385 e. The fourth-order valence-corrected chi connectivity index (χ4v) is 4.12.